The molecule has 2 rings (SSSR count). The van der Waals surface area contributed by atoms with Gasteiger partial charge in [0, 0.05) is 6.04 Å². The van der Waals surface area contributed by atoms with Crippen molar-refractivity contribution in [2.75, 3.05) is 6.54 Å². The number of nitrogens with one attached hydrogen (secondary N) is 1. The molecule has 2 aliphatic carbocycles. The van der Waals surface area contributed by atoms with E-state index < -0.39 is 0 Å². The highest BCUT2D eigenvalue weighted by Crippen LogP contribution is 2.39. The summed E-state index contributed by atoms with van der Waals surface area (Å²) in [6.45, 7) is 5.85. The molecule has 1 nitrogen and oxygen atoms in total. The van der Waals surface area contributed by atoms with Crippen LogP contribution in [0.1, 0.15) is 58.8 Å². The van der Waals surface area contributed by atoms with Gasteiger partial charge in [0.05, 0.1) is 0 Å². The molecule has 1 N–H and O–H groups in total. The average molecular weight is 209 g/mol. The summed E-state index contributed by atoms with van der Waals surface area (Å²) in [4.78, 5) is 0. The zero-order valence-corrected chi connectivity index (χ0v) is 10.5. The van der Waals surface area contributed by atoms with Crippen LogP contribution in [0.2, 0.25) is 0 Å². The van der Waals surface area contributed by atoms with Gasteiger partial charge in [-0.15, -0.1) is 0 Å². The molecular formula is C14H27N. The summed E-state index contributed by atoms with van der Waals surface area (Å²) in [7, 11) is 0. The van der Waals surface area contributed by atoms with E-state index in [2.05, 4.69) is 19.2 Å². The molecule has 0 aliphatic heterocycles. The lowest BCUT2D eigenvalue weighted by Crippen LogP contribution is -2.40. The Morgan fingerprint density at radius 1 is 1.07 bits per heavy atom. The monoisotopic (exact) mass is 209 g/mol. The van der Waals surface area contributed by atoms with Crippen LogP contribution in [0, 0.1) is 17.8 Å². The molecule has 0 amide bonds. The van der Waals surface area contributed by atoms with Crippen LogP contribution in [0.4, 0.5) is 0 Å². The third-order valence-electron chi connectivity index (χ3n) is 4.59. The zero-order chi connectivity index (χ0) is 10.7. The first kappa shape index (κ1) is 11.4. The second-order valence-electron chi connectivity index (χ2n) is 5.81. The summed E-state index contributed by atoms with van der Waals surface area (Å²) in [5.74, 6) is 2.97. The topological polar surface area (TPSA) is 12.0 Å². The van der Waals surface area contributed by atoms with Crippen LogP contribution in [-0.4, -0.2) is 12.6 Å². The standard InChI is InChI=1S/C14H27N/c1-3-15-14(12-6-4-5-7-12)13-9-8-11(2)10-13/h11-15H,3-10H2,1-2H3. The lowest BCUT2D eigenvalue weighted by Gasteiger charge is -2.30. The Morgan fingerprint density at radius 3 is 2.33 bits per heavy atom. The maximum atomic E-state index is 3.79. The summed E-state index contributed by atoms with van der Waals surface area (Å²) in [6, 6.07) is 0.849. The van der Waals surface area contributed by atoms with Crippen LogP contribution < -0.4 is 5.32 Å². The molecule has 0 spiro atoms. The van der Waals surface area contributed by atoms with Crippen molar-refractivity contribution in [1.29, 1.82) is 0 Å². The zero-order valence-electron chi connectivity index (χ0n) is 10.5. The SMILES string of the molecule is CCNC(C1CCCC1)C1CCC(C)C1. The minimum Gasteiger partial charge on any atom is -0.314 e. The van der Waals surface area contributed by atoms with Gasteiger partial charge in [0.25, 0.3) is 0 Å². The fourth-order valence-electron chi connectivity index (χ4n) is 3.85. The van der Waals surface area contributed by atoms with Crippen molar-refractivity contribution in [3.8, 4) is 0 Å². The molecule has 2 fully saturated rings. The van der Waals surface area contributed by atoms with E-state index in [1.165, 1.54) is 44.9 Å². The Hall–Kier alpha value is -0.0400. The van der Waals surface area contributed by atoms with E-state index in [-0.39, 0.29) is 0 Å². The van der Waals surface area contributed by atoms with E-state index >= 15 is 0 Å². The summed E-state index contributed by atoms with van der Waals surface area (Å²) >= 11 is 0. The average Bonchev–Trinajstić information content (AvgIpc) is 2.85. The van der Waals surface area contributed by atoms with Gasteiger partial charge in [-0.05, 0) is 50.0 Å². The van der Waals surface area contributed by atoms with E-state index in [1.807, 2.05) is 0 Å². The first-order chi connectivity index (χ1) is 7.31. The van der Waals surface area contributed by atoms with Gasteiger partial charge in [-0.25, -0.2) is 0 Å². The molecule has 88 valence electrons. The van der Waals surface area contributed by atoms with E-state index in [4.69, 9.17) is 0 Å². The smallest absolute Gasteiger partial charge is 0.0124 e. The van der Waals surface area contributed by atoms with Gasteiger partial charge in [0.1, 0.15) is 0 Å². The van der Waals surface area contributed by atoms with E-state index in [0.29, 0.717) is 0 Å². The Bertz CT molecular complexity index is 184. The first-order valence-corrected chi connectivity index (χ1v) is 7.04. The minimum absolute atomic E-state index is 0.849. The Morgan fingerprint density at radius 2 is 1.80 bits per heavy atom. The van der Waals surface area contributed by atoms with Crippen LogP contribution in [0.25, 0.3) is 0 Å². The van der Waals surface area contributed by atoms with Crippen molar-refractivity contribution in [1.82, 2.24) is 5.32 Å². The quantitative estimate of drug-likeness (QED) is 0.746. The Balaban J connectivity index is 1.92. The fourth-order valence-corrected chi connectivity index (χ4v) is 3.85. The predicted molar refractivity (Wildman–Crippen MR) is 65.9 cm³/mol. The fraction of sp³-hybridized carbons (Fsp3) is 1.00. The molecule has 15 heavy (non-hydrogen) atoms. The maximum absolute atomic E-state index is 3.79. The molecule has 2 aliphatic rings. The molecule has 0 aromatic rings. The molecule has 1 heteroatoms. The Kier molecular flexibility index (Phi) is 4.07. The summed E-state index contributed by atoms with van der Waals surface area (Å²) < 4.78 is 0. The lowest BCUT2D eigenvalue weighted by molar-refractivity contribution is 0.260. The van der Waals surface area contributed by atoms with Gasteiger partial charge in [-0.3, -0.25) is 0 Å². The molecule has 0 heterocycles. The molecule has 3 unspecified atom stereocenters. The van der Waals surface area contributed by atoms with Crippen molar-refractivity contribution in [3.05, 3.63) is 0 Å². The van der Waals surface area contributed by atoms with Gasteiger partial charge in [0.15, 0.2) is 0 Å². The summed E-state index contributed by atoms with van der Waals surface area (Å²) in [5.41, 5.74) is 0. The summed E-state index contributed by atoms with van der Waals surface area (Å²) in [6.07, 6.45) is 10.4. The second kappa shape index (κ2) is 5.34. The lowest BCUT2D eigenvalue weighted by atomic mass is 9.85. The normalized spacial score (nSPS) is 34.8. The maximum Gasteiger partial charge on any atom is 0.0124 e. The number of rotatable bonds is 4. The third-order valence-corrected chi connectivity index (χ3v) is 4.59. The highest BCUT2D eigenvalue weighted by Gasteiger charge is 2.34. The largest absolute Gasteiger partial charge is 0.314 e. The summed E-state index contributed by atoms with van der Waals surface area (Å²) in [5, 5.41) is 3.79. The number of hydrogen-bond acceptors (Lipinski definition) is 1. The van der Waals surface area contributed by atoms with Crippen LogP contribution in [-0.2, 0) is 0 Å². The van der Waals surface area contributed by atoms with Crippen LogP contribution >= 0.6 is 0 Å². The third kappa shape index (κ3) is 2.75. The van der Waals surface area contributed by atoms with Gasteiger partial charge >= 0.3 is 0 Å². The predicted octanol–water partition coefficient (Wildman–Crippen LogP) is 3.59. The molecule has 0 aromatic heterocycles. The van der Waals surface area contributed by atoms with E-state index in [1.54, 1.807) is 0 Å². The van der Waals surface area contributed by atoms with Crippen molar-refractivity contribution in [3.63, 3.8) is 0 Å². The van der Waals surface area contributed by atoms with Crippen molar-refractivity contribution < 1.29 is 0 Å². The first-order valence-electron chi connectivity index (χ1n) is 7.04. The van der Waals surface area contributed by atoms with Gasteiger partial charge in [0.2, 0.25) is 0 Å². The molecule has 2 saturated carbocycles. The van der Waals surface area contributed by atoms with Crippen LogP contribution in [0.15, 0.2) is 0 Å². The molecule has 0 aromatic carbocycles. The van der Waals surface area contributed by atoms with E-state index in [0.717, 1.165) is 30.3 Å². The van der Waals surface area contributed by atoms with Gasteiger partial charge < -0.3 is 5.32 Å². The second-order valence-corrected chi connectivity index (χ2v) is 5.81. The van der Waals surface area contributed by atoms with Gasteiger partial charge in [-0.2, -0.15) is 0 Å². The highest BCUT2D eigenvalue weighted by molar-refractivity contribution is 4.89. The van der Waals surface area contributed by atoms with Crippen molar-refractivity contribution >= 4 is 0 Å². The molecule has 0 bridgehead atoms. The van der Waals surface area contributed by atoms with Crippen molar-refractivity contribution in [2.45, 2.75) is 64.8 Å². The number of hydrogen-bond donors (Lipinski definition) is 1. The minimum atomic E-state index is 0.849. The molecular weight excluding hydrogens is 182 g/mol. The van der Waals surface area contributed by atoms with Crippen LogP contribution in [0.5, 0.6) is 0 Å². The molecule has 3 atom stereocenters. The van der Waals surface area contributed by atoms with E-state index in [9.17, 15) is 0 Å². The van der Waals surface area contributed by atoms with Gasteiger partial charge in [-0.1, -0.05) is 33.1 Å². The molecule has 0 saturated heterocycles. The molecule has 0 radical (unpaired) electrons. The Labute approximate surface area is 95.0 Å². The highest BCUT2D eigenvalue weighted by atomic mass is 14.9. The van der Waals surface area contributed by atoms with Crippen molar-refractivity contribution in [2.24, 2.45) is 17.8 Å². The van der Waals surface area contributed by atoms with Crippen LogP contribution in [0.3, 0.4) is 0 Å².